The fourth-order valence-electron chi connectivity index (χ4n) is 2.96. The average Bonchev–Trinajstić information content (AvgIpc) is 2.63. The SMILES string of the molecule is Cc1ccc2c(c1)C(=O)CC2(C)c1ccc(Cl)cc1. The van der Waals surface area contributed by atoms with E-state index in [9.17, 15) is 4.79 Å². The van der Waals surface area contributed by atoms with E-state index in [1.165, 1.54) is 0 Å². The first-order valence-electron chi connectivity index (χ1n) is 6.41. The van der Waals surface area contributed by atoms with Gasteiger partial charge in [-0.2, -0.15) is 0 Å². The number of rotatable bonds is 1. The molecule has 0 fully saturated rings. The number of hydrogen-bond acceptors (Lipinski definition) is 1. The summed E-state index contributed by atoms with van der Waals surface area (Å²) in [4.78, 5) is 12.2. The van der Waals surface area contributed by atoms with Crippen molar-refractivity contribution in [3.63, 3.8) is 0 Å². The fourth-order valence-corrected chi connectivity index (χ4v) is 3.08. The monoisotopic (exact) mass is 270 g/mol. The van der Waals surface area contributed by atoms with Crippen LogP contribution in [0.15, 0.2) is 42.5 Å². The van der Waals surface area contributed by atoms with Crippen LogP contribution >= 0.6 is 11.6 Å². The molecule has 0 bridgehead atoms. The summed E-state index contributed by atoms with van der Waals surface area (Å²) in [5.74, 6) is 0.233. The maximum Gasteiger partial charge on any atom is 0.164 e. The lowest BCUT2D eigenvalue weighted by molar-refractivity contribution is 0.0982. The lowest BCUT2D eigenvalue weighted by Gasteiger charge is -2.25. The highest BCUT2D eigenvalue weighted by atomic mass is 35.5. The number of aryl methyl sites for hydroxylation is 1. The second kappa shape index (κ2) is 4.21. The van der Waals surface area contributed by atoms with E-state index in [-0.39, 0.29) is 11.2 Å². The van der Waals surface area contributed by atoms with Crippen LogP contribution in [0.4, 0.5) is 0 Å². The zero-order chi connectivity index (χ0) is 13.6. The van der Waals surface area contributed by atoms with Crippen LogP contribution in [0.5, 0.6) is 0 Å². The van der Waals surface area contributed by atoms with Crippen molar-refractivity contribution in [2.75, 3.05) is 0 Å². The van der Waals surface area contributed by atoms with E-state index in [4.69, 9.17) is 11.6 Å². The van der Waals surface area contributed by atoms with Gasteiger partial charge in [-0.15, -0.1) is 0 Å². The fraction of sp³-hybridized carbons (Fsp3) is 0.235. The molecule has 1 nitrogen and oxygen atoms in total. The van der Waals surface area contributed by atoms with Crippen molar-refractivity contribution >= 4 is 17.4 Å². The summed E-state index contributed by atoms with van der Waals surface area (Å²) in [5, 5.41) is 0.723. The molecular formula is C17H15ClO. The third kappa shape index (κ3) is 1.89. The Bertz CT molecular complexity index is 657. The number of halogens is 1. The Morgan fingerprint density at radius 3 is 2.47 bits per heavy atom. The largest absolute Gasteiger partial charge is 0.294 e. The van der Waals surface area contributed by atoms with Crippen LogP contribution in [0.3, 0.4) is 0 Å². The molecule has 1 unspecified atom stereocenters. The standard InChI is InChI=1S/C17H15ClO/c1-11-3-8-15-14(9-11)16(19)10-17(15,2)12-4-6-13(18)7-5-12/h3-9H,10H2,1-2H3. The van der Waals surface area contributed by atoms with Crippen molar-refractivity contribution in [2.45, 2.75) is 25.7 Å². The molecule has 0 heterocycles. The summed E-state index contributed by atoms with van der Waals surface area (Å²) in [6, 6.07) is 14.0. The Morgan fingerprint density at radius 2 is 1.79 bits per heavy atom. The molecule has 0 saturated carbocycles. The predicted molar refractivity (Wildman–Crippen MR) is 78.0 cm³/mol. The molecule has 0 aromatic heterocycles. The number of benzene rings is 2. The Balaban J connectivity index is 2.17. The number of ketones is 1. The third-order valence-electron chi connectivity index (χ3n) is 4.07. The van der Waals surface area contributed by atoms with Gasteiger partial charge in [0.15, 0.2) is 5.78 Å². The molecule has 0 radical (unpaired) electrons. The van der Waals surface area contributed by atoms with E-state index >= 15 is 0 Å². The first-order chi connectivity index (χ1) is 9.00. The van der Waals surface area contributed by atoms with Gasteiger partial charge in [-0.25, -0.2) is 0 Å². The van der Waals surface area contributed by atoms with Crippen LogP contribution in [0.25, 0.3) is 0 Å². The van der Waals surface area contributed by atoms with Crippen LogP contribution in [0.2, 0.25) is 5.02 Å². The minimum atomic E-state index is -0.231. The molecule has 3 rings (SSSR count). The van der Waals surface area contributed by atoms with E-state index in [1.54, 1.807) is 0 Å². The molecule has 2 aromatic rings. The lowest BCUT2D eigenvalue weighted by atomic mass is 9.77. The van der Waals surface area contributed by atoms with Gasteiger partial charge in [-0.1, -0.05) is 48.4 Å². The van der Waals surface area contributed by atoms with E-state index in [0.717, 1.165) is 27.3 Å². The minimum absolute atomic E-state index is 0.231. The first-order valence-corrected chi connectivity index (χ1v) is 6.79. The Labute approximate surface area is 118 Å². The summed E-state index contributed by atoms with van der Waals surface area (Å²) < 4.78 is 0. The van der Waals surface area contributed by atoms with Gasteiger partial charge in [0, 0.05) is 22.4 Å². The molecule has 0 aliphatic heterocycles. The van der Waals surface area contributed by atoms with Crippen molar-refractivity contribution in [2.24, 2.45) is 0 Å². The molecule has 0 spiro atoms. The van der Waals surface area contributed by atoms with Crippen molar-refractivity contribution < 1.29 is 4.79 Å². The predicted octanol–water partition coefficient (Wildman–Crippen LogP) is 4.54. The van der Waals surface area contributed by atoms with Crippen LogP contribution in [0, 0.1) is 6.92 Å². The maximum atomic E-state index is 12.2. The molecule has 1 aliphatic carbocycles. The third-order valence-corrected chi connectivity index (χ3v) is 4.32. The molecule has 96 valence electrons. The quantitative estimate of drug-likeness (QED) is 0.743. The molecule has 2 heteroatoms. The van der Waals surface area contributed by atoms with Crippen molar-refractivity contribution in [3.8, 4) is 0 Å². The second-order valence-electron chi connectivity index (χ2n) is 5.49. The summed E-state index contributed by atoms with van der Waals surface area (Å²) in [7, 11) is 0. The molecule has 0 amide bonds. The summed E-state index contributed by atoms with van der Waals surface area (Å²) >= 11 is 5.95. The van der Waals surface area contributed by atoms with Crippen LogP contribution < -0.4 is 0 Å². The van der Waals surface area contributed by atoms with E-state index in [1.807, 2.05) is 37.3 Å². The van der Waals surface area contributed by atoms with Crippen LogP contribution in [-0.4, -0.2) is 5.78 Å². The Hall–Kier alpha value is -1.60. The van der Waals surface area contributed by atoms with Gasteiger partial charge in [-0.05, 0) is 36.2 Å². The Kier molecular flexibility index (Phi) is 2.75. The van der Waals surface area contributed by atoms with Crippen molar-refractivity contribution in [1.29, 1.82) is 0 Å². The van der Waals surface area contributed by atoms with Crippen LogP contribution in [-0.2, 0) is 5.41 Å². The number of carbonyl (C=O) groups excluding carboxylic acids is 1. The molecule has 0 saturated heterocycles. The first kappa shape index (κ1) is 12.4. The molecule has 1 aliphatic rings. The van der Waals surface area contributed by atoms with Crippen LogP contribution in [0.1, 0.15) is 40.4 Å². The smallest absolute Gasteiger partial charge is 0.164 e. The second-order valence-corrected chi connectivity index (χ2v) is 5.92. The number of fused-ring (bicyclic) bond motifs is 1. The summed E-state index contributed by atoms with van der Waals surface area (Å²) in [6.07, 6.45) is 0.535. The van der Waals surface area contributed by atoms with E-state index in [2.05, 4.69) is 19.1 Å². The molecule has 19 heavy (non-hydrogen) atoms. The molecule has 1 atom stereocenters. The molecular weight excluding hydrogens is 256 g/mol. The Morgan fingerprint density at radius 1 is 1.11 bits per heavy atom. The van der Waals surface area contributed by atoms with Gasteiger partial charge < -0.3 is 0 Å². The number of carbonyl (C=O) groups is 1. The van der Waals surface area contributed by atoms with Gasteiger partial charge in [0.05, 0.1) is 0 Å². The van der Waals surface area contributed by atoms with Gasteiger partial charge >= 0.3 is 0 Å². The van der Waals surface area contributed by atoms with Gasteiger partial charge in [0.2, 0.25) is 0 Å². The highest BCUT2D eigenvalue weighted by Gasteiger charge is 2.40. The molecule has 2 aromatic carbocycles. The summed E-state index contributed by atoms with van der Waals surface area (Å²) in [5.41, 5.74) is 4.05. The normalized spacial score (nSPS) is 21.5. The average molecular weight is 271 g/mol. The zero-order valence-electron chi connectivity index (χ0n) is 11.0. The maximum absolute atomic E-state index is 12.2. The lowest BCUT2D eigenvalue weighted by Crippen LogP contribution is -2.20. The highest BCUT2D eigenvalue weighted by Crippen LogP contribution is 2.44. The minimum Gasteiger partial charge on any atom is -0.294 e. The summed E-state index contributed by atoms with van der Waals surface area (Å²) in [6.45, 7) is 4.15. The zero-order valence-corrected chi connectivity index (χ0v) is 11.8. The van der Waals surface area contributed by atoms with E-state index < -0.39 is 0 Å². The van der Waals surface area contributed by atoms with Crippen molar-refractivity contribution in [1.82, 2.24) is 0 Å². The molecule has 0 N–H and O–H groups in total. The van der Waals surface area contributed by atoms with Gasteiger partial charge in [0.1, 0.15) is 0 Å². The topological polar surface area (TPSA) is 17.1 Å². The number of hydrogen-bond donors (Lipinski definition) is 0. The van der Waals surface area contributed by atoms with Gasteiger partial charge in [-0.3, -0.25) is 4.79 Å². The number of Topliss-reactive ketones (excluding diaryl/α,β-unsaturated/α-hetero) is 1. The van der Waals surface area contributed by atoms with E-state index in [0.29, 0.717) is 6.42 Å². The van der Waals surface area contributed by atoms with Crippen molar-refractivity contribution in [3.05, 3.63) is 69.7 Å². The van der Waals surface area contributed by atoms with Gasteiger partial charge in [0.25, 0.3) is 0 Å². The highest BCUT2D eigenvalue weighted by molar-refractivity contribution is 6.30.